The van der Waals surface area contributed by atoms with Crippen LogP contribution < -0.4 is 0 Å². The zero-order valence-electron chi connectivity index (χ0n) is 16.6. The summed E-state index contributed by atoms with van der Waals surface area (Å²) in [5.41, 5.74) is 1.86. The zero-order valence-corrected chi connectivity index (χ0v) is 16.6. The molecule has 0 N–H and O–H groups in total. The summed E-state index contributed by atoms with van der Waals surface area (Å²) in [6.45, 7) is 5.43. The molecule has 0 saturated carbocycles. The number of nitrogens with zero attached hydrogens (tertiary/aromatic N) is 3. The fraction of sp³-hybridized carbons (Fsp3) is 0.409. The van der Waals surface area contributed by atoms with E-state index in [1.807, 2.05) is 0 Å². The van der Waals surface area contributed by atoms with Crippen molar-refractivity contribution in [2.45, 2.75) is 33.1 Å². The van der Waals surface area contributed by atoms with Crippen LogP contribution in [-0.2, 0) is 14.3 Å². The van der Waals surface area contributed by atoms with E-state index in [0.29, 0.717) is 17.8 Å². The Balaban J connectivity index is 1.46. The van der Waals surface area contributed by atoms with Crippen molar-refractivity contribution in [3.8, 4) is 0 Å². The fourth-order valence-electron chi connectivity index (χ4n) is 3.85. The molecule has 0 unspecified atom stereocenters. The van der Waals surface area contributed by atoms with E-state index in [4.69, 9.17) is 4.74 Å². The number of carbonyl (C=O) groups excluding carboxylic acids is 3. The molecule has 4 rings (SSSR count). The third-order valence-electron chi connectivity index (χ3n) is 5.46. The standard InChI is InChI=1S/C22H23N3O4/c1-22(2)7-6-20-24-17-9-14(10-18(26)15(17)11-25(20)13-22)21(28)29-12-19(27)16-5-3-4-8-23-16/h3-5,8-9H,6-7,10-13H2,1-2H3. The van der Waals surface area contributed by atoms with Crippen molar-refractivity contribution in [3.63, 3.8) is 0 Å². The minimum absolute atomic E-state index is 0.0302. The number of esters is 1. The number of ketones is 2. The average Bonchev–Trinajstić information content (AvgIpc) is 2.70. The molecule has 0 aromatic carbocycles. The van der Waals surface area contributed by atoms with Crippen molar-refractivity contribution < 1.29 is 19.1 Å². The summed E-state index contributed by atoms with van der Waals surface area (Å²) in [7, 11) is 0. The quantitative estimate of drug-likeness (QED) is 0.577. The third-order valence-corrected chi connectivity index (χ3v) is 5.46. The molecule has 0 atom stereocenters. The van der Waals surface area contributed by atoms with Crippen molar-refractivity contribution in [3.05, 3.63) is 53.0 Å². The lowest BCUT2D eigenvalue weighted by molar-refractivity contribution is -0.138. The minimum Gasteiger partial charge on any atom is -0.454 e. The number of rotatable bonds is 4. The SMILES string of the molecule is CC1(C)CCC2=NC3=C(CN2C1)C(=O)CC(C(=O)OCC(=O)c1ccccn1)=C3. The number of aromatic nitrogens is 1. The molecule has 0 spiro atoms. The van der Waals surface area contributed by atoms with Gasteiger partial charge in [0, 0.05) is 43.3 Å². The van der Waals surface area contributed by atoms with Crippen LogP contribution in [0.5, 0.6) is 0 Å². The number of carbonyl (C=O) groups is 3. The summed E-state index contributed by atoms with van der Waals surface area (Å²) in [6, 6.07) is 4.95. The number of allylic oxidation sites excluding steroid dienone is 1. The van der Waals surface area contributed by atoms with Crippen LogP contribution in [0.15, 0.2) is 52.3 Å². The predicted octanol–water partition coefficient (Wildman–Crippen LogP) is 2.49. The van der Waals surface area contributed by atoms with Crippen molar-refractivity contribution in [1.82, 2.24) is 9.88 Å². The minimum atomic E-state index is -0.665. The zero-order chi connectivity index (χ0) is 20.6. The maximum absolute atomic E-state index is 12.7. The molecule has 7 nitrogen and oxygen atoms in total. The molecule has 150 valence electrons. The Morgan fingerprint density at radius 3 is 2.86 bits per heavy atom. The van der Waals surface area contributed by atoms with E-state index in [2.05, 4.69) is 28.7 Å². The Kier molecular flexibility index (Phi) is 4.90. The number of Topliss-reactive ketones (excluding diaryl/α,β-unsaturated/α-hetero) is 2. The molecule has 7 heteroatoms. The van der Waals surface area contributed by atoms with E-state index in [-0.39, 0.29) is 34.7 Å². The van der Waals surface area contributed by atoms with E-state index < -0.39 is 12.6 Å². The monoisotopic (exact) mass is 393 g/mol. The first-order chi connectivity index (χ1) is 13.8. The molecule has 3 heterocycles. The number of pyridine rings is 1. The van der Waals surface area contributed by atoms with Crippen molar-refractivity contribution in [2.75, 3.05) is 19.7 Å². The molecule has 1 aromatic rings. The maximum Gasteiger partial charge on any atom is 0.334 e. The number of ether oxygens (including phenoxy) is 1. The third kappa shape index (κ3) is 4.04. The van der Waals surface area contributed by atoms with Crippen molar-refractivity contribution >= 4 is 23.4 Å². The number of piperidine rings is 1. The van der Waals surface area contributed by atoms with Gasteiger partial charge in [0.05, 0.1) is 5.70 Å². The van der Waals surface area contributed by atoms with Gasteiger partial charge in [0.1, 0.15) is 11.5 Å². The highest BCUT2D eigenvalue weighted by atomic mass is 16.5. The number of amidine groups is 1. The Bertz CT molecular complexity index is 973. The fourth-order valence-corrected chi connectivity index (χ4v) is 3.85. The lowest BCUT2D eigenvalue weighted by atomic mass is 9.82. The smallest absolute Gasteiger partial charge is 0.334 e. The van der Waals surface area contributed by atoms with E-state index in [1.165, 1.54) is 6.20 Å². The summed E-state index contributed by atoms with van der Waals surface area (Å²) in [6.07, 6.45) is 4.99. The molecule has 2 aliphatic heterocycles. The molecule has 0 radical (unpaired) electrons. The first-order valence-corrected chi connectivity index (χ1v) is 9.73. The van der Waals surface area contributed by atoms with Gasteiger partial charge >= 0.3 is 5.97 Å². The van der Waals surface area contributed by atoms with Gasteiger partial charge in [0.2, 0.25) is 5.78 Å². The van der Waals surface area contributed by atoms with Crippen LogP contribution in [0, 0.1) is 5.41 Å². The average molecular weight is 393 g/mol. The summed E-state index contributed by atoms with van der Waals surface area (Å²) in [5, 5.41) is 0. The number of fused-ring (bicyclic) bond motifs is 1. The lowest BCUT2D eigenvalue weighted by Crippen LogP contribution is -2.47. The molecule has 1 saturated heterocycles. The summed E-state index contributed by atoms with van der Waals surface area (Å²) >= 11 is 0. The van der Waals surface area contributed by atoms with Gasteiger partial charge < -0.3 is 9.64 Å². The highest BCUT2D eigenvalue weighted by Crippen LogP contribution is 2.35. The second kappa shape index (κ2) is 7.39. The predicted molar refractivity (Wildman–Crippen MR) is 106 cm³/mol. The van der Waals surface area contributed by atoms with Crippen LogP contribution >= 0.6 is 0 Å². The maximum atomic E-state index is 12.7. The van der Waals surface area contributed by atoms with Gasteiger partial charge in [0.15, 0.2) is 12.4 Å². The van der Waals surface area contributed by atoms with E-state index >= 15 is 0 Å². The van der Waals surface area contributed by atoms with Gasteiger partial charge in [-0.1, -0.05) is 19.9 Å². The van der Waals surface area contributed by atoms with Gasteiger partial charge in [-0.25, -0.2) is 9.79 Å². The first kappa shape index (κ1) is 19.2. The van der Waals surface area contributed by atoms with Gasteiger partial charge in [-0.2, -0.15) is 0 Å². The normalized spacial score (nSPS) is 20.3. The molecule has 1 fully saturated rings. The summed E-state index contributed by atoms with van der Waals surface area (Å²) in [5.74, 6) is -0.203. The molecule has 0 bridgehead atoms. The van der Waals surface area contributed by atoms with Crippen molar-refractivity contribution in [1.29, 1.82) is 0 Å². The molecular formula is C22H23N3O4. The van der Waals surface area contributed by atoms with Crippen LogP contribution in [0.3, 0.4) is 0 Å². The lowest BCUT2D eigenvalue weighted by Gasteiger charge is -2.42. The Labute approximate surface area is 169 Å². The molecule has 0 amide bonds. The van der Waals surface area contributed by atoms with Gasteiger partial charge in [-0.3, -0.25) is 14.6 Å². The number of aliphatic imine (C=N–C) groups is 1. The highest BCUT2D eigenvalue weighted by molar-refractivity contribution is 6.08. The van der Waals surface area contributed by atoms with Crippen LogP contribution in [0.25, 0.3) is 0 Å². The van der Waals surface area contributed by atoms with Crippen molar-refractivity contribution in [2.24, 2.45) is 10.4 Å². The Hall–Kier alpha value is -3.09. The van der Waals surface area contributed by atoms with E-state index in [9.17, 15) is 14.4 Å². The summed E-state index contributed by atoms with van der Waals surface area (Å²) in [4.78, 5) is 47.9. The van der Waals surface area contributed by atoms with Crippen LogP contribution in [0.4, 0.5) is 0 Å². The van der Waals surface area contributed by atoms with Gasteiger partial charge in [-0.15, -0.1) is 0 Å². The van der Waals surface area contributed by atoms with E-state index in [0.717, 1.165) is 25.2 Å². The number of hydrogen-bond donors (Lipinski definition) is 0. The van der Waals surface area contributed by atoms with E-state index in [1.54, 1.807) is 24.3 Å². The second-order valence-corrected chi connectivity index (χ2v) is 8.40. The largest absolute Gasteiger partial charge is 0.454 e. The Morgan fingerprint density at radius 2 is 2.10 bits per heavy atom. The molecule has 3 aliphatic rings. The first-order valence-electron chi connectivity index (χ1n) is 9.73. The topological polar surface area (TPSA) is 88.9 Å². The van der Waals surface area contributed by atoms with Crippen LogP contribution in [0.2, 0.25) is 0 Å². The second-order valence-electron chi connectivity index (χ2n) is 8.40. The van der Waals surface area contributed by atoms with Gasteiger partial charge in [-0.05, 0) is 30.0 Å². The highest BCUT2D eigenvalue weighted by Gasteiger charge is 2.36. The van der Waals surface area contributed by atoms with Crippen LogP contribution in [-0.4, -0.2) is 53.0 Å². The van der Waals surface area contributed by atoms with Gasteiger partial charge in [0.25, 0.3) is 0 Å². The molecule has 29 heavy (non-hydrogen) atoms. The molecule has 1 aromatic heterocycles. The molecular weight excluding hydrogens is 370 g/mol. The molecule has 1 aliphatic carbocycles. The number of hydrogen-bond acceptors (Lipinski definition) is 7. The van der Waals surface area contributed by atoms with Crippen LogP contribution in [0.1, 0.15) is 43.6 Å². The Morgan fingerprint density at radius 1 is 1.28 bits per heavy atom. The summed E-state index contributed by atoms with van der Waals surface area (Å²) < 4.78 is 5.13.